The zero-order valence-electron chi connectivity index (χ0n) is 10.4. The molecular formula is C14H15ClN2O2. The summed E-state index contributed by atoms with van der Waals surface area (Å²) in [5, 5.41) is 4.52. The molecule has 0 spiro atoms. The van der Waals surface area contributed by atoms with Crippen molar-refractivity contribution in [3.05, 3.63) is 35.0 Å². The van der Waals surface area contributed by atoms with Crippen LogP contribution in [0.5, 0.6) is 0 Å². The monoisotopic (exact) mass is 278 g/mol. The molecule has 1 saturated heterocycles. The summed E-state index contributed by atoms with van der Waals surface area (Å²) < 4.78 is 5.47. The highest BCUT2D eigenvalue weighted by Crippen LogP contribution is 2.20. The summed E-state index contributed by atoms with van der Waals surface area (Å²) in [4.78, 5) is 15.1. The van der Waals surface area contributed by atoms with Crippen molar-refractivity contribution >= 4 is 28.4 Å². The standard InChI is InChI=1S/C14H15ClN2O2/c15-10-4-3-9-6-13(17-12(9)7-10)14(18)16-8-11-2-1-5-19-11/h3-4,6-7,11,17H,1-2,5,8H2,(H,16,18). The maximum atomic E-state index is 12.0. The highest BCUT2D eigenvalue weighted by atomic mass is 35.5. The molecule has 1 amide bonds. The van der Waals surface area contributed by atoms with Crippen LogP contribution in [-0.4, -0.2) is 30.1 Å². The van der Waals surface area contributed by atoms with Crippen molar-refractivity contribution in [3.63, 3.8) is 0 Å². The van der Waals surface area contributed by atoms with E-state index < -0.39 is 0 Å². The summed E-state index contributed by atoms with van der Waals surface area (Å²) in [5.41, 5.74) is 1.42. The van der Waals surface area contributed by atoms with Crippen molar-refractivity contribution in [2.75, 3.05) is 13.2 Å². The van der Waals surface area contributed by atoms with Crippen molar-refractivity contribution in [1.82, 2.24) is 10.3 Å². The maximum Gasteiger partial charge on any atom is 0.267 e. The maximum absolute atomic E-state index is 12.0. The fraction of sp³-hybridized carbons (Fsp3) is 0.357. The first-order valence-electron chi connectivity index (χ1n) is 6.40. The van der Waals surface area contributed by atoms with Gasteiger partial charge in [0.2, 0.25) is 0 Å². The van der Waals surface area contributed by atoms with Gasteiger partial charge in [-0.1, -0.05) is 17.7 Å². The first kappa shape index (κ1) is 12.5. The zero-order chi connectivity index (χ0) is 13.2. The quantitative estimate of drug-likeness (QED) is 0.907. The van der Waals surface area contributed by atoms with Gasteiger partial charge in [0, 0.05) is 29.1 Å². The number of ether oxygens (including phenoxy) is 1. The van der Waals surface area contributed by atoms with Crippen LogP contribution in [0.3, 0.4) is 0 Å². The van der Waals surface area contributed by atoms with Gasteiger partial charge in [-0.25, -0.2) is 0 Å². The van der Waals surface area contributed by atoms with Crippen molar-refractivity contribution in [2.45, 2.75) is 18.9 Å². The smallest absolute Gasteiger partial charge is 0.267 e. The molecule has 0 radical (unpaired) electrons. The number of halogens is 1. The Morgan fingerprint density at radius 2 is 2.37 bits per heavy atom. The van der Waals surface area contributed by atoms with E-state index in [-0.39, 0.29) is 12.0 Å². The third-order valence-electron chi connectivity index (χ3n) is 3.34. The van der Waals surface area contributed by atoms with Crippen molar-refractivity contribution < 1.29 is 9.53 Å². The minimum Gasteiger partial charge on any atom is -0.376 e. The SMILES string of the molecule is O=C(NCC1CCCO1)c1cc2ccc(Cl)cc2[nH]1. The zero-order valence-corrected chi connectivity index (χ0v) is 11.2. The lowest BCUT2D eigenvalue weighted by Gasteiger charge is -2.09. The summed E-state index contributed by atoms with van der Waals surface area (Å²) in [7, 11) is 0. The summed E-state index contributed by atoms with van der Waals surface area (Å²) in [6, 6.07) is 7.35. The van der Waals surface area contributed by atoms with E-state index in [4.69, 9.17) is 16.3 Å². The van der Waals surface area contributed by atoms with Crippen LogP contribution in [0.1, 0.15) is 23.3 Å². The van der Waals surface area contributed by atoms with E-state index >= 15 is 0 Å². The fourth-order valence-electron chi connectivity index (χ4n) is 2.33. The summed E-state index contributed by atoms with van der Waals surface area (Å²) in [5.74, 6) is -0.108. The molecule has 0 saturated carbocycles. The third-order valence-corrected chi connectivity index (χ3v) is 3.58. The Kier molecular flexibility index (Phi) is 3.44. The predicted molar refractivity (Wildman–Crippen MR) is 74.6 cm³/mol. The lowest BCUT2D eigenvalue weighted by molar-refractivity contribution is 0.0854. The molecule has 0 bridgehead atoms. The van der Waals surface area contributed by atoms with Gasteiger partial charge in [0.1, 0.15) is 5.69 Å². The minimum absolute atomic E-state index is 0.108. The molecule has 3 rings (SSSR count). The summed E-state index contributed by atoms with van der Waals surface area (Å²) in [6.07, 6.45) is 2.25. The van der Waals surface area contributed by atoms with Crippen LogP contribution >= 0.6 is 11.6 Å². The Morgan fingerprint density at radius 1 is 1.47 bits per heavy atom. The fourth-order valence-corrected chi connectivity index (χ4v) is 2.50. The molecule has 2 heterocycles. The lowest BCUT2D eigenvalue weighted by atomic mass is 10.2. The number of amides is 1. The molecule has 4 nitrogen and oxygen atoms in total. The van der Waals surface area contributed by atoms with Crippen LogP contribution < -0.4 is 5.32 Å². The molecule has 1 aromatic heterocycles. The molecule has 19 heavy (non-hydrogen) atoms. The molecule has 5 heteroatoms. The summed E-state index contributed by atoms with van der Waals surface area (Å²) >= 11 is 5.92. The number of carbonyl (C=O) groups is 1. The van der Waals surface area contributed by atoms with E-state index in [0.29, 0.717) is 17.3 Å². The normalized spacial score (nSPS) is 18.9. The van der Waals surface area contributed by atoms with Gasteiger partial charge in [-0.15, -0.1) is 0 Å². The molecule has 1 aromatic carbocycles. The van der Waals surface area contributed by atoms with E-state index in [1.807, 2.05) is 24.3 Å². The van der Waals surface area contributed by atoms with Gasteiger partial charge in [-0.05, 0) is 31.0 Å². The van der Waals surface area contributed by atoms with E-state index in [1.54, 1.807) is 0 Å². The van der Waals surface area contributed by atoms with Gasteiger partial charge >= 0.3 is 0 Å². The van der Waals surface area contributed by atoms with Gasteiger partial charge in [0.25, 0.3) is 5.91 Å². The number of aromatic nitrogens is 1. The predicted octanol–water partition coefficient (Wildman–Crippen LogP) is 2.73. The van der Waals surface area contributed by atoms with Gasteiger partial charge in [-0.3, -0.25) is 4.79 Å². The Balaban J connectivity index is 1.70. The van der Waals surface area contributed by atoms with Crippen LogP contribution in [-0.2, 0) is 4.74 Å². The van der Waals surface area contributed by atoms with Crippen LogP contribution in [0.4, 0.5) is 0 Å². The third kappa shape index (κ3) is 2.74. The van der Waals surface area contributed by atoms with Gasteiger partial charge in [-0.2, -0.15) is 0 Å². The van der Waals surface area contributed by atoms with E-state index in [0.717, 1.165) is 30.4 Å². The van der Waals surface area contributed by atoms with Crippen LogP contribution in [0.15, 0.2) is 24.3 Å². The number of fused-ring (bicyclic) bond motifs is 1. The molecule has 1 aliphatic rings. The highest BCUT2D eigenvalue weighted by molar-refractivity contribution is 6.31. The average molecular weight is 279 g/mol. The molecule has 2 N–H and O–H groups in total. The molecule has 1 atom stereocenters. The summed E-state index contributed by atoms with van der Waals surface area (Å²) in [6.45, 7) is 1.36. The molecule has 1 fully saturated rings. The Morgan fingerprint density at radius 3 is 3.16 bits per heavy atom. The Labute approximate surface area is 116 Å². The van der Waals surface area contributed by atoms with Crippen LogP contribution in [0.2, 0.25) is 5.02 Å². The Hall–Kier alpha value is -1.52. The highest BCUT2D eigenvalue weighted by Gasteiger charge is 2.17. The van der Waals surface area contributed by atoms with Gasteiger partial charge in [0.05, 0.1) is 6.10 Å². The number of H-pyrrole nitrogens is 1. The first-order valence-corrected chi connectivity index (χ1v) is 6.78. The number of rotatable bonds is 3. The second kappa shape index (κ2) is 5.23. The van der Waals surface area contributed by atoms with Crippen LogP contribution in [0.25, 0.3) is 10.9 Å². The number of carbonyl (C=O) groups excluding carboxylic acids is 1. The molecule has 1 unspecified atom stereocenters. The van der Waals surface area contributed by atoms with Crippen molar-refractivity contribution in [2.24, 2.45) is 0 Å². The number of nitrogens with one attached hydrogen (secondary N) is 2. The second-order valence-electron chi connectivity index (χ2n) is 4.76. The van der Waals surface area contributed by atoms with Gasteiger partial charge < -0.3 is 15.0 Å². The number of aromatic amines is 1. The number of hydrogen-bond acceptors (Lipinski definition) is 2. The van der Waals surface area contributed by atoms with Gasteiger partial charge in [0.15, 0.2) is 0 Å². The molecule has 100 valence electrons. The van der Waals surface area contributed by atoms with Crippen molar-refractivity contribution in [1.29, 1.82) is 0 Å². The van der Waals surface area contributed by atoms with E-state index in [1.165, 1.54) is 0 Å². The minimum atomic E-state index is -0.108. The van der Waals surface area contributed by atoms with Crippen LogP contribution in [0, 0.1) is 0 Å². The largest absolute Gasteiger partial charge is 0.376 e. The first-order chi connectivity index (χ1) is 9.22. The molecule has 0 aliphatic carbocycles. The number of hydrogen-bond donors (Lipinski definition) is 2. The number of benzene rings is 1. The average Bonchev–Trinajstić information content (AvgIpc) is 3.04. The van der Waals surface area contributed by atoms with E-state index in [2.05, 4.69) is 10.3 Å². The molecular weight excluding hydrogens is 264 g/mol. The molecule has 1 aliphatic heterocycles. The lowest BCUT2D eigenvalue weighted by Crippen LogP contribution is -2.31. The molecule has 2 aromatic rings. The topological polar surface area (TPSA) is 54.1 Å². The van der Waals surface area contributed by atoms with E-state index in [9.17, 15) is 4.79 Å². The second-order valence-corrected chi connectivity index (χ2v) is 5.20. The van der Waals surface area contributed by atoms with Crippen molar-refractivity contribution in [3.8, 4) is 0 Å². The Bertz CT molecular complexity index is 603.